The Morgan fingerprint density at radius 2 is 1.84 bits per heavy atom. The summed E-state index contributed by atoms with van der Waals surface area (Å²) in [4.78, 5) is 26.5. The molecule has 32 heavy (non-hydrogen) atoms. The molecule has 0 radical (unpaired) electrons. The molecule has 2 N–H and O–H groups in total. The second-order valence-electron chi connectivity index (χ2n) is 8.13. The minimum Gasteiger partial charge on any atom is -0.480 e. The summed E-state index contributed by atoms with van der Waals surface area (Å²) in [6, 6.07) is 14.7. The lowest BCUT2D eigenvalue weighted by molar-refractivity contribution is -0.153. The Bertz CT molecular complexity index is 1040. The first kappa shape index (κ1) is 23.1. The standard InChI is InChI=1S/C24H29N5O3/c1-4-5-11-21(30)29(22(16(2)3)24(31)32)15-17-12-13-19(18-9-7-6-8-10-18)20(14-17)23-25-27-28-26-23/h6-10,12-14,16,22H,4-5,11,15H2,1-3H3,(H,31,32)(H,25,26,27,28). The van der Waals surface area contributed by atoms with Crippen LogP contribution in [-0.4, -0.2) is 48.5 Å². The van der Waals surface area contributed by atoms with Crippen molar-refractivity contribution in [1.29, 1.82) is 0 Å². The van der Waals surface area contributed by atoms with E-state index in [2.05, 4.69) is 20.6 Å². The lowest BCUT2D eigenvalue weighted by atomic mass is 9.96. The molecule has 1 aromatic heterocycles. The fourth-order valence-electron chi connectivity index (χ4n) is 3.81. The van der Waals surface area contributed by atoms with Crippen LogP contribution in [-0.2, 0) is 16.1 Å². The third-order valence-corrected chi connectivity index (χ3v) is 5.39. The van der Waals surface area contributed by atoms with Crippen LogP contribution in [0.5, 0.6) is 0 Å². The van der Waals surface area contributed by atoms with Gasteiger partial charge in [0.2, 0.25) is 11.7 Å². The van der Waals surface area contributed by atoms with Crippen molar-refractivity contribution >= 4 is 11.9 Å². The number of rotatable bonds is 10. The molecule has 0 spiro atoms. The van der Waals surface area contributed by atoms with Gasteiger partial charge < -0.3 is 10.0 Å². The van der Waals surface area contributed by atoms with Gasteiger partial charge in [-0.1, -0.05) is 69.7 Å². The number of carbonyl (C=O) groups is 2. The van der Waals surface area contributed by atoms with Crippen LogP contribution in [0.4, 0.5) is 0 Å². The van der Waals surface area contributed by atoms with Gasteiger partial charge in [-0.25, -0.2) is 4.79 Å². The highest BCUT2D eigenvalue weighted by molar-refractivity contribution is 5.84. The third-order valence-electron chi connectivity index (χ3n) is 5.39. The fourth-order valence-corrected chi connectivity index (χ4v) is 3.81. The summed E-state index contributed by atoms with van der Waals surface area (Å²) in [6.07, 6.45) is 1.92. The average molecular weight is 436 g/mol. The molecule has 1 amide bonds. The maximum absolute atomic E-state index is 13.0. The van der Waals surface area contributed by atoms with Crippen molar-refractivity contribution in [2.45, 2.75) is 52.6 Å². The van der Waals surface area contributed by atoms with Gasteiger partial charge in [-0.2, -0.15) is 5.21 Å². The van der Waals surface area contributed by atoms with E-state index in [4.69, 9.17) is 0 Å². The zero-order chi connectivity index (χ0) is 23.1. The molecule has 0 bridgehead atoms. The van der Waals surface area contributed by atoms with E-state index in [9.17, 15) is 14.7 Å². The van der Waals surface area contributed by atoms with E-state index < -0.39 is 12.0 Å². The monoisotopic (exact) mass is 435 g/mol. The van der Waals surface area contributed by atoms with Crippen LogP contribution in [0.2, 0.25) is 0 Å². The van der Waals surface area contributed by atoms with Gasteiger partial charge >= 0.3 is 5.97 Å². The number of benzene rings is 2. The number of aromatic nitrogens is 4. The van der Waals surface area contributed by atoms with Crippen LogP contribution in [0.3, 0.4) is 0 Å². The quantitative estimate of drug-likeness (QED) is 0.494. The number of unbranched alkanes of at least 4 members (excludes halogenated alkanes) is 1. The van der Waals surface area contributed by atoms with E-state index in [-0.39, 0.29) is 18.4 Å². The second kappa shape index (κ2) is 10.7. The maximum atomic E-state index is 13.0. The van der Waals surface area contributed by atoms with Gasteiger partial charge in [0.25, 0.3) is 0 Å². The van der Waals surface area contributed by atoms with Crippen LogP contribution in [0.1, 0.15) is 45.6 Å². The van der Waals surface area contributed by atoms with E-state index in [1.807, 2.05) is 69.3 Å². The summed E-state index contributed by atoms with van der Waals surface area (Å²) < 4.78 is 0. The van der Waals surface area contributed by atoms with E-state index in [1.54, 1.807) is 0 Å². The highest BCUT2D eigenvalue weighted by Crippen LogP contribution is 2.31. The smallest absolute Gasteiger partial charge is 0.326 e. The van der Waals surface area contributed by atoms with Crippen LogP contribution < -0.4 is 0 Å². The second-order valence-corrected chi connectivity index (χ2v) is 8.13. The molecular weight excluding hydrogens is 406 g/mol. The normalized spacial score (nSPS) is 12.0. The Hall–Kier alpha value is -3.55. The molecule has 0 aliphatic carbocycles. The molecule has 8 heteroatoms. The zero-order valence-electron chi connectivity index (χ0n) is 18.7. The SMILES string of the molecule is CCCCC(=O)N(Cc1ccc(-c2ccccc2)c(-c2nn[nH]n2)c1)C(C(=O)O)C(C)C. The van der Waals surface area contributed by atoms with Crippen molar-refractivity contribution in [2.24, 2.45) is 5.92 Å². The largest absolute Gasteiger partial charge is 0.480 e. The Morgan fingerprint density at radius 1 is 1.09 bits per heavy atom. The average Bonchev–Trinajstić information content (AvgIpc) is 3.32. The number of hydrogen-bond donors (Lipinski definition) is 2. The summed E-state index contributed by atoms with van der Waals surface area (Å²) in [5, 5.41) is 24.3. The van der Waals surface area contributed by atoms with Gasteiger partial charge in [-0.05, 0) is 40.3 Å². The summed E-state index contributed by atoms with van der Waals surface area (Å²) in [5.41, 5.74) is 3.50. The first-order valence-corrected chi connectivity index (χ1v) is 10.9. The lowest BCUT2D eigenvalue weighted by Crippen LogP contribution is -2.47. The first-order valence-electron chi connectivity index (χ1n) is 10.9. The zero-order valence-corrected chi connectivity index (χ0v) is 18.7. The Morgan fingerprint density at radius 3 is 2.44 bits per heavy atom. The number of aliphatic carboxylic acids is 1. The fraction of sp³-hybridized carbons (Fsp3) is 0.375. The number of nitrogens with one attached hydrogen (secondary N) is 1. The third kappa shape index (κ3) is 5.38. The van der Waals surface area contributed by atoms with Gasteiger partial charge in [0.05, 0.1) is 0 Å². The van der Waals surface area contributed by atoms with Crippen molar-refractivity contribution in [2.75, 3.05) is 0 Å². The molecule has 1 unspecified atom stereocenters. The van der Waals surface area contributed by atoms with Gasteiger partial charge in [0.1, 0.15) is 6.04 Å². The van der Waals surface area contributed by atoms with E-state index in [1.165, 1.54) is 4.90 Å². The van der Waals surface area contributed by atoms with Crippen molar-refractivity contribution in [3.8, 4) is 22.5 Å². The van der Waals surface area contributed by atoms with Crippen molar-refractivity contribution in [3.05, 3.63) is 54.1 Å². The van der Waals surface area contributed by atoms with Gasteiger partial charge in [-0.3, -0.25) is 4.79 Å². The van der Waals surface area contributed by atoms with Crippen LogP contribution >= 0.6 is 0 Å². The molecule has 0 aliphatic rings. The molecule has 168 valence electrons. The van der Waals surface area contributed by atoms with Crippen molar-refractivity contribution in [3.63, 3.8) is 0 Å². The summed E-state index contributed by atoms with van der Waals surface area (Å²) >= 11 is 0. The number of carbonyl (C=O) groups excluding carboxylic acids is 1. The number of nitrogens with zero attached hydrogens (tertiary/aromatic N) is 4. The highest BCUT2D eigenvalue weighted by atomic mass is 16.4. The minimum atomic E-state index is -0.996. The number of aromatic amines is 1. The van der Waals surface area contributed by atoms with E-state index in [0.717, 1.165) is 35.1 Å². The number of carboxylic acid groups (broad SMARTS) is 1. The number of hydrogen-bond acceptors (Lipinski definition) is 5. The highest BCUT2D eigenvalue weighted by Gasteiger charge is 2.32. The predicted molar refractivity (Wildman–Crippen MR) is 121 cm³/mol. The van der Waals surface area contributed by atoms with E-state index in [0.29, 0.717) is 12.2 Å². The number of amides is 1. The minimum absolute atomic E-state index is 0.152. The molecule has 1 heterocycles. The summed E-state index contributed by atoms with van der Waals surface area (Å²) in [5.74, 6) is -0.933. The molecular formula is C24H29N5O3. The Labute approximate surface area is 187 Å². The van der Waals surface area contributed by atoms with Gasteiger partial charge in [0.15, 0.2) is 0 Å². The predicted octanol–water partition coefficient (Wildman–Crippen LogP) is 4.16. The van der Waals surface area contributed by atoms with Gasteiger partial charge in [-0.15, -0.1) is 10.2 Å². The molecule has 8 nitrogen and oxygen atoms in total. The number of H-pyrrole nitrogens is 1. The summed E-state index contributed by atoms with van der Waals surface area (Å²) in [7, 11) is 0. The van der Waals surface area contributed by atoms with Crippen LogP contribution in [0.15, 0.2) is 48.5 Å². The molecule has 0 saturated heterocycles. The first-order chi connectivity index (χ1) is 15.4. The molecule has 3 rings (SSSR count). The maximum Gasteiger partial charge on any atom is 0.326 e. The number of carboxylic acids is 1. The lowest BCUT2D eigenvalue weighted by Gasteiger charge is -2.32. The van der Waals surface area contributed by atoms with E-state index >= 15 is 0 Å². The molecule has 3 aromatic rings. The molecule has 0 aliphatic heterocycles. The van der Waals surface area contributed by atoms with Crippen LogP contribution in [0, 0.1) is 5.92 Å². The van der Waals surface area contributed by atoms with Gasteiger partial charge in [0, 0.05) is 18.5 Å². The van der Waals surface area contributed by atoms with Crippen molar-refractivity contribution < 1.29 is 14.7 Å². The molecule has 2 aromatic carbocycles. The molecule has 0 fully saturated rings. The summed E-state index contributed by atoms with van der Waals surface area (Å²) in [6.45, 7) is 5.84. The van der Waals surface area contributed by atoms with Crippen molar-refractivity contribution in [1.82, 2.24) is 25.5 Å². The number of tetrazole rings is 1. The van der Waals surface area contributed by atoms with Crippen LogP contribution in [0.25, 0.3) is 22.5 Å². The Kier molecular flexibility index (Phi) is 7.70. The Balaban J connectivity index is 2.02. The molecule has 0 saturated carbocycles. The topological polar surface area (TPSA) is 112 Å². The molecule has 1 atom stereocenters.